The van der Waals surface area contributed by atoms with Gasteiger partial charge < -0.3 is 15.7 Å². The van der Waals surface area contributed by atoms with E-state index in [1.165, 1.54) is 19.3 Å². The molecule has 0 aromatic rings. The first-order valence-electron chi connectivity index (χ1n) is 5.47. The lowest BCUT2D eigenvalue weighted by molar-refractivity contribution is -0.137. The first-order chi connectivity index (χ1) is 6.79. The summed E-state index contributed by atoms with van der Waals surface area (Å²) < 4.78 is 0. The van der Waals surface area contributed by atoms with Crippen LogP contribution in [0, 0.1) is 0 Å². The lowest BCUT2D eigenvalue weighted by Crippen LogP contribution is -2.45. The largest absolute Gasteiger partial charge is 0.481 e. The molecule has 1 rings (SSSR count). The maximum absolute atomic E-state index is 10.2. The summed E-state index contributed by atoms with van der Waals surface area (Å²) in [6.45, 7) is 2.03. The van der Waals surface area contributed by atoms with Gasteiger partial charge in [-0.25, -0.2) is 0 Å². The normalized spacial score (nSPS) is 22.1. The molecule has 0 amide bonds. The third kappa shape index (κ3) is 5.19. The Kier molecular flexibility index (Phi) is 5.56. The van der Waals surface area contributed by atoms with Gasteiger partial charge in [-0.1, -0.05) is 0 Å². The van der Waals surface area contributed by atoms with Crippen molar-refractivity contribution in [2.45, 2.75) is 44.7 Å². The quantitative estimate of drug-likeness (QED) is 0.558. The van der Waals surface area contributed by atoms with Gasteiger partial charge in [0, 0.05) is 6.42 Å². The van der Waals surface area contributed by atoms with Gasteiger partial charge in [0.2, 0.25) is 0 Å². The molecule has 3 N–H and O–H groups in total. The monoisotopic (exact) mass is 200 g/mol. The second-order valence-electron chi connectivity index (χ2n) is 3.81. The van der Waals surface area contributed by atoms with Gasteiger partial charge in [0.05, 0.1) is 6.17 Å². The van der Waals surface area contributed by atoms with Crippen molar-refractivity contribution in [3.8, 4) is 0 Å². The molecule has 1 fully saturated rings. The summed E-state index contributed by atoms with van der Waals surface area (Å²) in [6.07, 6.45) is 6.23. The van der Waals surface area contributed by atoms with E-state index in [1.54, 1.807) is 0 Å². The summed E-state index contributed by atoms with van der Waals surface area (Å²) in [5.74, 6) is -0.694. The Morgan fingerprint density at radius 2 is 2.29 bits per heavy atom. The van der Waals surface area contributed by atoms with E-state index in [4.69, 9.17) is 5.11 Å². The van der Waals surface area contributed by atoms with Gasteiger partial charge in [0.15, 0.2) is 0 Å². The van der Waals surface area contributed by atoms with Crippen LogP contribution in [0.4, 0.5) is 0 Å². The second-order valence-corrected chi connectivity index (χ2v) is 3.81. The lowest BCUT2D eigenvalue weighted by Gasteiger charge is -2.24. The SMILES string of the molecule is O=C(O)CCCCNC1CCCCN1. The summed E-state index contributed by atoms with van der Waals surface area (Å²) in [5, 5.41) is 15.2. The smallest absolute Gasteiger partial charge is 0.303 e. The summed E-state index contributed by atoms with van der Waals surface area (Å²) >= 11 is 0. The van der Waals surface area contributed by atoms with E-state index >= 15 is 0 Å². The molecule has 0 aromatic heterocycles. The molecule has 1 saturated heterocycles. The molecular weight excluding hydrogens is 180 g/mol. The number of piperidine rings is 1. The van der Waals surface area contributed by atoms with Crippen molar-refractivity contribution in [3.63, 3.8) is 0 Å². The zero-order valence-corrected chi connectivity index (χ0v) is 8.59. The number of carboxylic acids is 1. The number of rotatable bonds is 6. The third-order valence-corrected chi connectivity index (χ3v) is 2.52. The van der Waals surface area contributed by atoms with E-state index in [0.29, 0.717) is 12.6 Å². The molecule has 0 aromatic carbocycles. The molecule has 1 aliphatic rings. The predicted molar refractivity (Wildman–Crippen MR) is 55.1 cm³/mol. The highest BCUT2D eigenvalue weighted by atomic mass is 16.4. The van der Waals surface area contributed by atoms with Crippen LogP contribution in [0.2, 0.25) is 0 Å². The number of hydrogen-bond acceptors (Lipinski definition) is 3. The molecule has 1 aliphatic heterocycles. The lowest BCUT2D eigenvalue weighted by atomic mass is 10.1. The fourth-order valence-electron chi connectivity index (χ4n) is 1.70. The van der Waals surface area contributed by atoms with Crippen molar-refractivity contribution < 1.29 is 9.90 Å². The van der Waals surface area contributed by atoms with Gasteiger partial charge in [0.1, 0.15) is 0 Å². The molecule has 82 valence electrons. The van der Waals surface area contributed by atoms with Crippen LogP contribution in [-0.4, -0.2) is 30.3 Å². The Morgan fingerprint density at radius 3 is 2.93 bits per heavy atom. The first kappa shape index (κ1) is 11.5. The van der Waals surface area contributed by atoms with Crippen molar-refractivity contribution in [2.24, 2.45) is 0 Å². The summed E-state index contributed by atoms with van der Waals surface area (Å²) in [5.41, 5.74) is 0. The van der Waals surface area contributed by atoms with Gasteiger partial charge >= 0.3 is 5.97 Å². The fourth-order valence-corrected chi connectivity index (χ4v) is 1.70. The maximum atomic E-state index is 10.2. The number of aliphatic carboxylic acids is 1. The van der Waals surface area contributed by atoms with E-state index in [2.05, 4.69) is 10.6 Å². The topological polar surface area (TPSA) is 61.4 Å². The fraction of sp³-hybridized carbons (Fsp3) is 0.900. The van der Waals surface area contributed by atoms with Crippen LogP contribution >= 0.6 is 0 Å². The minimum atomic E-state index is -0.694. The summed E-state index contributed by atoms with van der Waals surface area (Å²) in [7, 11) is 0. The highest BCUT2D eigenvalue weighted by Gasteiger charge is 2.10. The number of nitrogens with one attached hydrogen (secondary N) is 2. The van der Waals surface area contributed by atoms with Crippen LogP contribution in [0.3, 0.4) is 0 Å². The van der Waals surface area contributed by atoms with E-state index in [1.807, 2.05) is 0 Å². The van der Waals surface area contributed by atoms with Gasteiger partial charge in [0.25, 0.3) is 0 Å². The van der Waals surface area contributed by atoms with Crippen molar-refractivity contribution >= 4 is 5.97 Å². The molecule has 14 heavy (non-hydrogen) atoms. The van der Waals surface area contributed by atoms with Crippen LogP contribution in [0.5, 0.6) is 0 Å². The molecule has 0 radical (unpaired) electrons. The molecular formula is C10H20N2O2. The number of carboxylic acid groups (broad SMARTS) is 1. The molecule has 1 unspecified atom stereocenters. The summed E-state index contributed by atoms with van der Waals surface area (Å²) in [4.78, 5) is 10.2. The van der Waals surface area contributed by atoms with E-state index in [-0.39, 0.29) is 0 Å². The molecule has 1 atom stereocenters. The summed E-state index contributed by atoms with van der Waals surface area (Å²) in [6, 6.07) is 0. The molecule has 1 heterocycles. The Balaban J connectivity index is 1.90. The number of carbonyl (C=O) groups is 1. The van der Waals surface area contributed by atoms with Crippen molar-refractivity contribution in [1.82, 2.24) is 10.6 Å². The Bertz CT molecular complexity index is 168. The third-order valence-electron chi connectivity index (χ3n) is 2.52. The van der Waals surface area contributed by atoms with Crippen LogP contribution in [0.15, 0.2) is 0 Å². The van der Waals surface area contributed by atoms with Crippen LogP contribution in [-0.2, 0) is 4.79 Å². The Morgan fingerprint density at radius 1 is 1.43 bits per heavy atom. The average Bonchev–Trinajstić information content (AvgIpc) is 2.18. The highest BCUT2D eigenvalue weighted by molar-refractivity contribution is 5.66. The van der Waals surface area contributed by atoms with Crippen molar-refractivity contribution in [3.05, 3.63) is 0 Å². The molecule has 4 nitrogen and oxygen atoms in total. The van der Waals surface area contributed by atoms with Crippen LogP contribution in [0.1, 0.15) is 38.5 Å². The van der Waals surface area contributed by atoms with Crippen LogP contribution < -0.4 is 10.6 Å². The minimum absolute atomic E-state index is 0.291. The van der Waals surface area contributed by atoms with Gasteiger partial charge in [-0.2, -0.15) is 0 Å². The average molecular weight is 200 g/mol. The molecule has 0 saturated carbocycles. The molecule has 0 aliphatic carbocycles. The second kappa shape index (κ2) is 6.79. The first-order valence-corrected chi connectivity index (χ1v) is 5.47. The maximum Gasteiger partial charge on any atom is 0.303 e. The van der Waals surface area contributed by atoms with Crippen molar-refractivity contribution in [2.75, 3.05) is 13.1 Å². The Hall–Kier alpha value is -0.610. The number of hydrogen-bond donors (Lipinski definition) is 3. The zero-order valence-electron chi connectivity index (χ0n) is 8.59. The standard InChI is InChI=1S/C10H20N2O2/c13-10(14)6-2-4-8-12-9-5-1-3-7-11-9/h9,11-12H,1-8H2,(H,13,14). The Labute approximate surface area is 85.1 Å². The van der Waals surface area contributed by atoms with E-state index in [9.17, 15) is 4.79 Å². The minimum Gasteiger partial charge on any atom is -0.481 e. The molecule has 0 bridgehead atoms. The highest BCUT2D eigenvalue weighted by Crippen LogP contribution is 2.04. The number of unbranched alkanes of at least 4 members (excludes halogenated alkanes) is 1. The van der Waals surface area contributed by atoms with Crippen molar-refractivity contribution in [1.29, 1.82) is 0 Å². The van der Waals surface area contributed by atoms with Gasteiger partial charge in [-0.3, -0.25) is 4.79 Å². The molecule has 0 spiro atoms. The van der Waals surface area contributed by atoms with E-state index in [0.717, 1.165) is 25.9 Å². The van der Waals surface area contributed by atoms with Crippen LogP contribution in [0.25, 0.3) is 0 Å². The molecule has 4 heteroatoms. The zero-order chi connectivity index (χ0) is 10.2. The van der Waals surface area contributed by atoms with Gasteiger partial charge in [-0.15, -0.1) is 0 Å². The predicted octanol–water partition coefficient (Wildman–Crippen LogP) is 0.930. The van der Waals surface area contributed by atoms with Gasteiger partial charge in [-0.05, 0) is 45.2 Å². The van der Waals surface area contributed by atoms with E-state index < -0.39 is 5.97 Å².